The van der Waals surface area contributed by atoms with Gasteiger partial charge in [0.2, 0.25) is 0 Å². The van der Waals surface area contributed by atoms with Crippen LogP contribution in [0.4, 0.5) is 0 Å². The average molecular weight is 1490 g/mol. The lowest BCUT2D eigenvalue weighted by Gasteiger charge is -2.21. The molecule has 0 amide bonds. The van der Waals surface area contributed by atoms with E-state index in [-0.39, 0.29) is 25.7 Å². The van der Waals surface area contributed by atoms with Crippen LogP contribution in [-0.2, 0) is 65.4 Å². The average Bonchev–Trinajstić information content (AvgIpc) is 0.919. The van der Waals surface area contributed by atoms with E-state index in [2.05, 4.69) is 41.5 Å². The highest BCUT2D eigenvalue weighted by atomic mass is 31.2. The van der Waals surface area contributed by atoms with E-state index < -0.39 is 97.5 Å². The summed E-state index contributed by atoms with van der Waals surface area (Å²) in [6.45, 7) is 9.60. The van der Waals surface area contributed by atoms with Crippen molar-refractivity contribution < 1.29 is 80.2 Å². The summed E-state index contributed by atoms with van der Waals surface area (Å²) < 4.78 is 68.8. The molecule has 0 aromatic rings. The Labute approximate surface area is 626 Å². The summed E-state index contributed by atoms with van der Waals surface area (Å²) >= 11 is 0. The molecule has 0 saturated carbocycles. The van der Waals surface area contributed by atoms with Gasteiger partial charge in [0.05, 0.1) is 26.4 Å². The number of unbranched alkanes of at least 4 members (excludes halogenated alkanes) is 51. The first-order chi connectivity index (χ1) is 49.4. The van der Waals surface area contributed by atoms with E-state index in [4.69, 9.17) is 37.0 Å². The van der Waals surface area contributed by atoms with Gasteiger partial charge in [-0.1, -0.05) is 388 Å². The molecular formula is C83H162O17P2. The molecule has 17 nitrogen and oxygen atoms in total. The van der Waals surface area contributed by atoms with E-state index in [1.165, 1.54) is 257 Å². The van der Waals surface area contributed by atoms with Crippen LogP contribution in [0.15, 0.2) is 0 Å². The number of rotatable bonds is 82. The van der Waals surface area contributed by atoms with Gasteiger partial charge in [0.25, 0.3) is 0 Å². The molecule has 0 bridgehead atoms. The molecule has 3 N–H and O–H groups in total. The van der Waals surface area contributed by atoms with Crippen molar-refractivity contribution in [3.8, 4) is 0 Å². The van der Waals surface area contributed by atoms with E-state index in [0.717, 1.165) is 102 Å². The van der Waals surface area contributed by atoms with Crippen molar-refractivity contribution in [2.45, 2.75) is 458 Å². The van der Waals surface area contributed by atoms with Crippen molar-refractivity contribution in [2.75, 3.05) is 39.6 Å². The van der Waals surface area contributed by atoms with Crippen molar-refractivity contribution in [3.05, 3.63) is 0 Å². The maximum absolute atomic E-state index is 13.1. The number of phosphoric acid groups is 2. The summed E-state index contributed by atoms with van der Waals surface area (Å²) in [5, 5.41) is 10.7. The summed E-state index contributed by atoms with van der Waals surface area (Å²) in [7, 11) is -9.92. The second kappa shape index (κ2) is 74.5. The highest BCUT2D eigenvalue weighted by Crippen LogP contribution is 2.45. The van der Waals surface area contributed by atoms with Crippen molar-refractivity contribution in [1.29, 1.82) is 0 Å². The number of hydrogen-bond donors (Lipinski definition) is 3. The molecule has 0 spiro atoms. The number of aliphatic hydroxyl groups excluding tert-OH is 1. The molecule has 0 heterocycles. The second-order valence-electron chi connectivity index (χ2n) is 30.6. The van der Waals surface area contributed by atoms with Gasteiger partial charge in [0.15, 0.2) is 12.2 Å². The quantitative estimate of drug-likeness (QED) is 0.0222. The Kier molecular flexibility index (Phi) is 73.1. The molecule has 0 fully saturated rings. The van der Waals surface area contributed by atoms with Crippen LogP contribution in [0.1, 0.15) is 440 Å². The maximum atomic E-state index is 13.1. The van der Waals surface area contributed by atoms with Gasteiger partial charge in [0, 0.05) is 25.7 Å². The Morgan fingerprint density at radius 1 is 0.284 bits per heavy atom. The van der Waals surface area contributed by atoms with E-state index in [1.54, 1.807) is 0 Å². The van der Waals surface area contributed by atoms with Crippen molar-refractivity contribution in [2.24, 2.45) is 11.8 Å². The zero-order valence-corrected chi connectivity index (χ0v) is 68.7. The molecule has 0 radical (unpaired) electrons. The largest absolute Gasteiger partial charge is 0.472 e. The minimum absolute atomic E-state index is 0.105. The SMILES string of the molecule is CCCCCCCCCCCCCCCCCCCCCCCC(=O)O[C@H](COC(=O)CCCCCCCCCCCCCCCCCCCC)COP(=O)(O)OC[C@@H](O)COP(=O)(O)OC[C@@H](COC(=O)CCCCCCCCCCC(C)C)OC(=O)CCCCCCCCCCC(C)CC. The van der Waals surface area contributed by atoms with Crippen LogP contribution < -0.4 is 0 Å². The Morgan fingerprint density at radius 3 is 0.745 bits per heavy atom. The molecule has 102 heavy (non-hydrogen) atoms. The lowest BCUT2D eigenvalue weighted by molar-refractivity contribution is -0.161. The lowest BCUT2D eigenvalue weighted by atomic mass is 9.99. The fraction of sp³-hybridized carbons (Fsp3) is 0.952. The Bertz CT molecular complexity index is 1960. The Hall–Kier alpha value is -1.94. The molecule has 0 aliphatic carbocycles. The van der Waals surface area contributed by atoms with E-state index in [0.29, 0.717) is 25.7 Å². The number of hydrogen-bond acceptors (Lipinski definition) is 15. The summed E-state index contributed by atoms with van der Waals surface area (Å²) in [6, 6.07) is 0. The number of phosphoric ester groups is 2. The first-order valence-electron chi connectivity index (χ1n) is 43.0. The van der Waals surface area contributed by atoms with Crippen molar-refractivity contribution in [1.82, 2.24) is 0 Å². The summed E-state index contributed by atoms with van der Waals surface area (Å²) in [4.78, 5) is 73.1. The summed E-state index contributed by atoms with van der Waals surface area (Å²) in [5.41, 5.74) is 0. The number of esters is 4. The standard InChI is InChI=1S/C83H162O17P2/c1-7-10-12-14-16-18-20-22-24-26-28-29-30-32-34-36-38-40-49-55-61-67-82(87)99-78(71-93-80(85)65-59-53-47-39-37-35-33-31-27-25-23-21-19-17-15-13-11-8-2)73-97-101(89,90)95-69-77(84)70-96-102(91,92)98-74-79(72-94-81(86)66-60-54-48-43-41-45-51-57-63-75(4)5)100-83(88)68-62-56-50-44-42-46-52-58-64-76(6)9-3/h75-79,84H,7-74H2,1-6H3,(H,89,90)(H,91,92)/t76?,77-,78-,79-/m1/s1. The molecule has 0 rings (SSSR count). The Morgan fingerprint density at radius 2 is 0.500 bits per heavy atom. The van der Waals surface area contributed by atoms with Crippen molar-refractivity contribution in [3.63, 3.8) is 0 Å². The van der Waals surface area contributed by atoms with Gasteiger partial charge in [-0.2, -0.15) is 0 Å². The molecular weight excluding hydrogens is 1330 g/mol. The van der Waals surface area contributed by atoms with Crippen molar-refractivity contribution >= 4 is 39.5 Å². The van der Waals surface area contributed by atoms with Crippen LogP contribution in [0.25, 0.3) is 0 Å². The number of carbonyl (C=O) groups excluding carboxylic acids is 4. The molecule has 19 heteroatoms. The highest BCUT2D eigenvalue weighted by Gasteiger charge is 2.30. The van der Waals surface area contributed by atoms with Gasteiger partial charge in [-0.05, 0) is 37.5 Å². The van der Waals surface area contributed by atoms with E-state index in [1.807, 2.05) is 0 Å². The summed E-state index contributed by atoms with van der Waals surface area (Å²) in [6.07, 6.45) is 65.4. The normalized spacial score (nSPS) is 14.1. The zero-order chi connectivity index (χ0) is 74.9. The fourth-order valence-electron chi connectivity index (χ4n) is 12.9. The van der Waals surface area contributed by atoms with Gasteiger partial charge in [0.1, 0.15) is 19.3 Å². The van der Waals surface area contributed by atoms with Gasteiger partial charge in [-0.25, -0.2) is 9.13 Å². The van der Waals surface area contributed by atoms with Crippen LogP contribution in [-0.4, -0.2) is 96.7 Å². The predicted molar refractivity (Wildman–Crippen MR) is 418 cm³/mol. The van der Waals surface area contributed by atoms with Crippen LogP contribution in [0, 0.1) is 11.8 Å². The molecule has 0 aliphatic heterocycles. The molecule has 0 aromatic carbocycles. The van der Waals surface area contributed by atoms with Crippen LogP contribution in [0.5, 0.6) is 0 Å². The van der Waals surface area contributed by atoms with Gasteiger partial charge in [-0.15, -0.1) is 0 Å². The predicted octanol–water partition coefficient (Wildman–Crippen LogP) is 25.1. The van der Waals surface area contributed by atoms with Crippen LogP contribution in [0.3, 0.4) is 0 Å². The first kappa shape index (κ1) is 100. The zero-order valence-electron chi connectivity index (χ0n) is 66.9. The van der Waals surface area contributed by atoms with Gasteiger partial charge >= 0.3 is 39.5 Å². The first-order valence-corrected chi connectivity index (χ1v) is 46.0. The van der Waals surface area contributed by atoms with Crippen LogP contribution in [0.2, 0.25) is 0 Å². The minimum atomic E-state index is -4.96. The molecule has 0 aliphatic rings. The van der Waals surface area contributed by atoms with Crippen LogP contribution >= 0.6 is 15.6 Å². The smallest absolute Gasteiger partial charge is 0.462 e. The minimum Gasteiger partial charge on any atom is -0.462 e. The molecule has 6 atom stereocenters. The van der Waals surface area contributed by atoms with E-state index >= 15 is 0 Å². The molecule has 0 aromatic heterocycles. The third-order valence-electron chi connectivity index (χ3n) is 19.8. The molecule has 3 unspecified atom stereocenters. The third-order valence-corrected chi connectivity index (χ3v) is 21.7. The number of aliphatic hydroxyl groups is 1. The molecule has 606 valence electrons. The summed E-state index contributed by atoms with van der Waals surface area (Å²) in [5.74, 6) is -0.614. The number of carbonyl (C=O) groups is 4. The Balaban J connectivity index is 5.22. The monoisotopic (exact) mass is 1490 g/mol. The molecule has 0 saturated heterocycles. The third kappa shape index (κ3) is 74.9. The topological polar surface area (TPSA) is 237 Å². The maximum Gasteiger partial charge on any atom is 0.472 e. The highest BCUT2D eigenvalue weighted by molar-refractivity contribution is 7.47. The second-order valence-corrected chi connectivity index (χ2v) is 33.5. The lowest BCUT2D eigenvalue weighted by Crippen LogP contribution is -2.30. The fourth-order valence-corrected chi connectivity index (χ4v) is 14.4. The van der Waals surface area contributed by atoms with E-state index in [9.17, 15) is 43.2 Å². The van der Waals surface area contributed by atoms with Gasteiger partial charge in [-0.3, -0.25) is 37.3 Å². The van der Waals surface area contributed by atoms with Gasteiger partial charge < -0.3 is 33.8 Å². The number of ether oxygens (including phenoxy) is 4.